The van der Waals surface area contributed by atoms with E-state index in [-0.39, 0.29) is 6.10 Å². The number of rotatable bonds is 4. The molecule has 2 nitrogen and oxygen atoms in total. The van der Waals surface area contributed by atoms with Crippen LogP contribution in [0.3, 0.4) is 0 Å². The van der Waals surface area contributed by atoms with Crippen LogP contribution in [0, 0.1) is 11.6 Å². The molecule has 0 saturated carbocycles. The summed E-state index contributed by atoms with van der Waals surface area (Å²) in [6.45, 7) is 1.94. The fourth-order valence-corrected chi connectivity index (χ4v) is 1.84. The van der Waals surface area contributed by atoms with E-state index in [0.717, 1.165) is 32.1 Å². The van der Waals surface area contributed by atoms with Gasteiger partial charge in [-0.3, -0.25) is 0 Å². The fraction of sp³-hybridized carbons (Fsp3) is 0.500. The van der Waals surface area contributed by atoms with Gasteiger partial charge in [0.15, 0.2) is 0 Å². The standard InChI is InChI=1S/C12H15F2NO/c13-10-4-3-9(12(14)6-10)7-15-8-11-2-1-5-16-11/h3-4,6,11,15H,1-2,5,7-8H2/t11-/m1/s1. The molecule has 1 fully saturated rings. The van der Waals surface area contributed by atoms with E-state index in [9.17, 15) is 8.78 Å². The van der Waals surface area contributed by atoms with E-state index in [1.807, 2.05) is 0 Å². The Balaban J connectivity index is 1.80. The molecule has 88 valence electrons. The van der Waals surface area contributed by atoms with Gasteiger partial charge < -0.3 is 10.1 Å². The summed E-state index contributed by atoms with van der Waals surface area (Å²) in [6, 6.07) is 3.64. The van der Waals surface area contributed by atoms with Gasteiger partial charge in [-0.1, -0.05) is 6.07 Å². The molecule has 0 aromatic heterocycles. The summed E-state index contributed by atoms with van der Waals surface area (Å²) in [5, 5.41) is 3.12. The number of ether oxygens (including phenoxy) is 1. The summed E-state index contributed by atoms with van der Waals surface area (Å²) < 4.78 is 31.3. The van der Waals surface area contributed by atoms with Gasteiger partial charge in [-0.05, 0) is 18.9 Å². The maximum Gasteiger partial charge on any atom is 0.130 e. The van der Waals surface area contributed by atoms with Gasteiger partial charge in [0.25, 0.3) is 0 Å². The van der Waals surface area contributed by atoms with Crippen molar-refractivity contribution in [2.24, 2.45) is 0 Å². The topological polar surface area (TPSA) is 21.3 Å². The highest BCUT2D eigenvalue weighted by molar-refractivity contribution is 5.18. The van der Waals surface area contributed by atoms with Gasteiger partial charge >= 0.3 is 0 Å². The van der Waals surface area contributed by atoms with Gasteiger partial charge in [-0.2, -0.15) is 0 Å². The van der Waals surface area contributed by atoms with Crippen molar-refractivity contribution in [3.05, 3.63) is 35.4 Å². The minimum atomic E-state index is -0.541. The minimum absolute atomic E-state index is 0.239. The summed E-state index contributed by atoms with van der Waals surface area (Å²) >= 11 is 0. The summed E-state index contributed by atoms with van der Waals surface area (Å²) in [5.41, 5.74) is 0.486. The third kappa shape index (κ3) is 3.00. The largest absolute Gasteiger partial charge is 0.377 e. The van der Waals surface area contributed by atoms with E-state index >= 15 is 0 Å². The first-order valence-corrected chi connectivity index (χ1v) is 5.52. The summed E-state index contributed by atoms with van der Waals surface area (Å²) in [5.74, 6) is -1.04. The zero-order chi connectivity index (χ0) is 11.4. The zero-order valence-electron chi connectivity index (χ0n) is 9.01. The number of benzene rings is 1. The smallest absolute Gasteiger partial charge is 0.130 e. The quantitative estimate of drug-likeness (QED) is 0.851. The van der Waals surface area contributed by atoms with Crippen molar-refractivity contribution in [2.75, 3.05) is 13.2 Å². The van der Waals surface area contributed by atoms with Crippen LogP contribution >= 0.6 is 0 Å². The molecule has 1 aromatic rings. The molecule has 4 heteroatoms. The summed E-state index contributed by atoms with van der Waals surface area (Å²) in [6.07, 6.45) is 2.39. The van der Waals surface area contributed by atoms with E-state index in [1.54, 1.807) is 0 Å². The van der Waals surface area contributed by atoms with Crippen molar-refractivity contribution in [1.29, 1.82) is 0 Å². The molecule has 1 heterocycles. The maximum absolute atomic E-state index is 13.2. The van der Waals surface area contributed by atoms with Gasteiger partial charge in [0.05, 0.1) is 6.10 Å². The first-order valence-electron chi connectivity index (χ1n) is 5.52. The lowest BCUT2D eigenvalue weighted by Crippen LogP contribution is -2.26. The molecular weight excluding hydrogens is 212 g/mol. The van der Waals surface area contributed by atoms with Gasteiger partial charge in [0.2, 0.25) is 0 Å². The average molecular weight is 227 g/mol. The minimum Gasteiger partial charge on any atom is -0.377 e. The molecule has 1 N–H and O–H groups in total. The fourth-order valence-electron chi connectivity index (χ4n) is 1.84. The third-order valence-corrected chi connectivity index (χ3v) is 2.73. The zero-order valence-corrected chi connectivity index (χ0v) is 9.01. The van der Waals surface area contributed by atoms with Crippen LogP contribution in [-0.4, -0.2) is 19.3 Å². The van der Waals surface area contributed by atoms with Gasteiger partial charge in [-0.25, -0.2) is 8.78 Å². The van der Waals surface area contributed by atoms with Crippen LogP contribution in [0.15, 0.2) is 18.2 Å². The molecule has 1 saturated heterocycles. The Labute approximate surface area is 93.6 Å². The Morgan fingerprint density at radius 1 is 1.38 bits per heavy atom. The van der Waals surface area contributed by atoms with Crippen LogP contribution in [0.1, 0.15) is 18.4 Å². The molecule has 1 aromatic carbocycles. The molecule has 16 heavy (non-hydrogen) atoms. The van der Waals surface area contributed by atoms with E-state index in [4.69, 9.17) is 4.74 Å². The average Bonchev–Trinajstić information content (AvgIpc) is 2.74. The number of halogens is 2. The Hall–Kier alpha value is -1.00. The van der Waals surface area contributed by atoms with Crippen molar-refractivity contribution >= 4 is 0 Å². The van der Waals surface area contributed by atoms with Crippen molar-refractivity contribution in [2.45, 2.75) is 25.5 Å². The lowest BCUT2D eigenvalue weighted by Gasteiger charge is -2.11. The normalized spacial score (nSPS) is 20.2. The predicted octanol–water partition coefficient (Wildman–Crippen LogP) is 2.23. The molecule has 1 aliphatic heterocycles. The number of nitrogens with one attached hydrogen (secondary N) is 1. The molecule has 0 aliphatic carbocycles. The lowest BCUT2D eigenvalue weighted by molar-refractivity contribution is 0.110. The number of hydrogen-bond donors (Lipinski definition) is 1. The second-order valence-electron chi connectivity index (χ2n) is 4.00. The Kier molecular flexibility index (Phi) is 3.85. The van der Waals surface area contributed by atoms with Gasteiger partial charge in [-0.15, -0.1) is 0 Å². The first-order chi connectivity index (χ1) is 7.75. The van der Waals surface area contributed by atoms with Crippen molar-refractivity contribution in [1.82, 2.24) is 5.32 Å². The van der Waals surface area contributed by atoms with Crippen molar-refractivity contribution < 1.29 is 13.5 Å². The van der Waals surface area contributed by atoms with Crippen LogP contribution in [0.2, 0.25) is 0 Å². The predicted molar refractivity (Wildman–Crippen MR) is 57.0 cm³/mol. The number of hydrogen-bond acceptors (Lipinski definition) is 2. The summed E-state index contributed by atoms with van der Waals surface area (Å²) in [7, 11) is 0. The third-order valence-electron chi connectivity index (χ3n) is 2.73. The van der Waals surface area contributed by atoms with Crippen molar-refractivity contribution in [3.63, 3.8) is 0 Å². The van der Waals surface area contributed by atoms with E-state index in [1.165, 1.54) is 12.1 Å². The van der Waals surface area contributed by atoms with Crippen LogP contribution in [0.5, 0.6) is 0 Å². The molecule has 2 rings (SSSR count). The highest BCUT2D eigenvalue weighted by atomic mass is 19.1. The molecular formula is C12H15F2NO. The van der Waals surface area contributed by atoms with E-state index in [2.05, 4.69) is 5.32 Å². The van der Waals surface area contributed by atoms with Crippen LogP contribution < -0.4 is 5.32 Å². The highest BCUT2D eigenvalue weighted by Gasteiger charge is 2.14. The monoisotopic (exact) mass is 227 g/mol. The van der Waals surface area contributed by atoms with Crippen LogP contribution in [0.25, 0.3) is 0 Å². The van der Waals surface area contributed by atoms with Crippen LogP contribution in [-0.2, 0) is 11.3 Å². The van der Waals surface area contributed by atoms with Crippen LogP contribution in [0.4, 0.5) is 8.78 Å². The molecule has 1 atom stereocenters. The molecule has 0 radical (unpaired) electrons. The molecule has 0 bridgehead atoms. The Morgan fingerprint density at radius 2 is 2.25 bits per heavy atom. The molecule has 0 amide bonds. The Bertz CT molecular complexity index is 351. The van der Waals surface area contributed by atoms with Crippen molar-refractivity contribution in [3.8, 4) is 0 Å². The maximum atomic E-state index is 13.2. The Morgan fingerprint density at radius 3 is 2.94 bits per heavy atom. The highest BCUT2D eigenvalue weighted by Crippen LogP contribution is 2.12. The second kappa shape index (κ2) is 5.37. The molecule has 0 unspecified atom stereocenters. The summed E-state index contributed by atoms with van der Waals surface area (Å²) in [4.78, 5) is 0. The first kappa shape index (κ1) is 11.5. The molecule has 1 aliphatic rings. The van der Waals surface area contributed by atoms with E-state index in [0.29, 0.717) is 12.1 Å². The SMILES string of the molecule is Fc1ccc(CNC[C@H]2CCCO2)c(F)c1. The van der Waals surface area contributed by atoms with Gasteiger partial charge in [0.1, 0.15) is 11.6 Å². The van der Waals surface area contributed by atoms with Gasteiger partial charge in [0, 0.05) is 31.3 Å². The molecule has 0 spiro atoms. The second-order valence-corrected chi connectivity index (χ2v) is 4.00. The van der Waals surface area contributed by atoms with E-state index < -0.39 is 11.6 Å². The lowest BCUT2D eigenvalue weighted by atomic mass is 10.2.